The maximum absolute atomic E-state index is 13.3. The Morgan fingerprint density at radius 1 is 1.21 bits per heavy atom. The fourth-order valence-corrected chi connectivity index (χ4v) is 4.17. The van der Waals surface area contributed by atoms with E-state index in [0.29, 0.717) is 12.8 Å². The molecule has 2 unspecified atom stereocenters. The molecule has 1 aliphatic heterocycles. The summed E-state index contributed by atoms with van der Waals surface area (Å²) >= 11 is 0. The number of nitrogens with two attached hydrogens (primary N) is 1. The number of rotatable bonds is 5. The van der Waals surface area contributed by atoms with Crippen LogP contribution in [0.4, 0.5) is 0 Å². The van der Waals surface area contributed by atoms with E-state index < -0.39 is 24.1 Å². The van der Waals surface area contributed by atoms with Gasteiger partial charge in [0.1, 0.15) is 11.8 Å². The second-order valence-electron chi connectivity index (χ2n) is 7.60. The molecule has 0 spiro atoms. The molecule has 2 aromatic carbocycles. The average molecular weight is 382 g/mol. The van der Waals surface area contributed by atoms with Gasteiger partial charge >= 0.3 is 5.97 Å². The summed E-state index contributed by atoms with van der Waals surface area (Å²) in [5.74, 6) is -0.967. The van der Waals surface area contributed by atoms with Gasteiger partial charge in [0, 0.05) is 0 Å². The highest BCUT2D eigenvalue weighted by Crippen LogP contribution is 2.34. The summed E-state index contributed by atoms with van der Waals surface area (Å²) in [6.45, 7) is 3.75. The van der Waals surface area contributed by atoms with Crippen LogP contribution < -0.4 is 5.73 Å². The summed E-state index contributed by atoms with van der Waals surface area (Å²) in [6, 6.07) is 8.52. The zero-order chi connectivity index (χ0) is 20.6. The molecule has 6 nitrogen and oxygen atoms in total. The molecular weight excluding hydrogens is 356 g/mol. The number of hydrogen-bond donors (Lipinski definition) is 3. The Morgan fingerprint density at radius 2 is 1.82 bits per heavy atom. The van der Waals surface area contributed by atoms with Gasteiger partial charge in [-0.15, -0.1) is 0 Å². The second kappa shape index (κ2) is 7.73. The van der Waals surface area contributed by atoms with Crippen LogP contribution in [-0.4, -0.2) is 46.0 Å². The lowest BCUT2D eigenvalue weighted by Crippen LogP contribution is -2.51. The molecule has 1 aliphatic rings. The van der Waals surface area contributed by atoms with E-state index in [1.165, 1.54) is 0 Å². The number of carbonyl (C=O) groups is 2. The van der Waals surface area contributed by atoms with Crippen molar-refractivity contribution in [3.63, 3.8) is 0 Å². The number of Topliss-reactive ketones (excluding diaryl/α,β-unsaturated/α-hetero) is 1. The van der Waals surface area contributed by atoms with Crippen LogP contribution in [0, 0.1) is 13.8 Å². The lowest BCUT2D eigenvalue weighted by atomic mass is 9.83. The Bertz CT molecular complexity index is 901. The van der Waals surface area contributed by atoms with Crippen LogP contribution in [0.25, 0.3) is 0 Å². The highest BCUT2D eigenvalue weighted by Gasteiger charge is 2.40. The van der Waals surface area contributed by atoms with Crippen LogP contribution in [0.2, 0.25) is 0 Å². The van der Waals surface area contributed by atoms with Gasteiger partial charge in [-0.2, -0.15) is 0 Å². The zero-order valence-electron chi connectivity index (χ0n) is 16.3. The van der Waals surface area contributed by atoms with Gasteiger partial charge in [-0.25, -0.2) is 0 Å². The molecule has 3 atom stereocenters. The first-order chi connectivity index (χ1) is 13.2. The number of likely N-dealkylation sites (N-methyl/N-ethyl adjacent to an activating group) is 1. The second-order valence-corrected chi connectivity index (χ2v) is 7.60. The smallest absolute Gasteiger partial charge is 0.321 e. The summed E-state index contributed by atoms with van der Waals surface area (Å²) in [7, 11) is 1.67. The maximum atomic E-state index is 13.3. The summed E-state index contributed by atoms with van der Waals surface area (Å²) in [5, 5.41) is 19.3. The van der Waals surface area contributed by atoms with Gasteiger partial charge in [0.25, 0.3) is 0 Å². The molecule has 0 saturated heterocycles. The Morgan fingerprint density at radius 3 is 2.43 bits per heavy atom. The fraction of sp³-hybridized carbons (Fsp3) is 0.364. The van der Waals surface area contributed by atoms with Crippen molar-refractivity contribution in [3.05, 3.63) is 64.2 Å². The molecule has 4 N–H and O–H groups in total. The lowest BCUT2D eigenvalue weighted by Gasteiger charge is -2.39. The molecule has 0 amide bonds. The summed E-state index contributed by atoms with van der Waals surface area (Å²) in [4.78, 5) is 26.7. The van der Waals surface area contributed by atoms with Gasteiger partial charge in [-0.3, -0.25) is 14.5 Å². The number of nitrogens with zero attached hydrogens (tertiary/aromatic N) is 1. The molecule has 148 valence electrons. The molecule has 6 heteroatoms. The minimum atomic E-state index is -0.950. The Labute approximate surface area is 164 Å². The van der Waals surface area contributed by atoms with Gasteiger partial charge in [0.2, 0.25) is 0 Å². The third-order valence-corrected chi connectivity index (χ3v) is 5.69. The van der Waals surface area contributed by atoms with Crippen molar-refractivity contribution in [1.82, 2.24) is 4.90 Å². The van der Waals surface area contributed by atoms with Crippen molar-refractivity contribution in [3.8, 4) is 5.75 Å². The number of carboxylic acid groups (broad SMARTS) is 1. The molecule has 0 radical (unpaired) electrons. The number of phenolic OH excluding ortho intramolecular Hbond substituents is 1. The maximum Gasteiger partial charge on any atom is 0.321 e. The minimum absolute atomic E-state index is 0.184. The molecule has 0 aliphatic carbocycles. The van der Waals surface area contributed by atoms with Crippen molar-refractivity contribution >= 4 is 11.8 Å². The molecule has 0 aromatic heterocycles. The van der Waals surface area contributed by atoms with E-state index >= 15 is 0 Å². The first-order valence-electron chi connectivity index (χ1n) is 9.31. The third kappa shape index (κ3) is 3.66. The average Bonchev–Trinajstić information content (AvgIpc) is 2.63. The van der Waals surface area contributed by atoms with Crippen LogP contribution in [0.5, 0.6) is 5.75 Å². The Kier molecular flexibility index (Phi) is 5.54. The Balaban J connectivity index is 1.93. The molecule has 0 bridgehead atoms. The SMILES string of the molecule is Cc1cc(O)cc(C)c1C[C@H](N)C(=O)C1c2ccccc2CC(C(=O)O)N1C. The van der Waals surface area contributed by atoms with E-state index in [9.17, 15) is 19.8 Å². The van der Waals surface area contributed by atoms with Crippen LogP contribution >= 0.6 is 0 Å². The number of ketones is 1. The van der Waals surface area contributed by atoms with Crippen molar-refractivity contribution in [2.75, 3.05) is 7.05 Å². The molecule has 2 aromatic rings. The molecule has 0 fully saturated rings. The lowest BCUT2D eigenvalue weighted by molar-refractivity contribution is -0.145. The fourth-order valence-electron chi connectivity index (χ4n) is 4.17. The van der Waals surface area contributed by atoms with E-state index in [1.807, 2.05) is 38.1 Å². The number of carboxylic acids is 1. The van der Waals surface area contributed by atoms with Crippen molar-refractivity contribution < 1.29 is 19.8 Å². The topological polar surface area (TPSA) is 104 Å². The number of aryl methyl sites for hydroxylation is 2. The monoisotopic (exact) mass is 382 g/mol. The van der Waals surface area contributed by atoms with Crippen molar-refractivity contribution in [2.24, 2.45) is 5.73 Å². The van der Waals surface area contributed by atoms with Gasteiger partial charge in [-0.1, -0.05) is 24.3 Å². The number of aromatic hydroxyl groups is 1. The number of benzene rings is 2. The molecule has 0 saturated carbocycles. The van der Waals surface area contributed by atoms with Crippen LogP contribution in [-0.2, 0) is 22.4 Å². The highest BCUT2D eigenvalue weighted by molar-refractivity contribution is 5.92. The first-order valence-corrected chi connectivity index (χ1v) is 9.31. The normalized spacial score (nSPS) is 20.4. The van der Waals surface area contributed by atoms with Crippen LogP contribution in [0.1, 0.15) is 33.9 Å². The number of fused-ring (bicyclic) bond motifs is 1. The van der Waals surface area contributed by atoms with E-state index in [-0.39, 0.29) is 11.5 Å². The van der Waals surface area contributed by atoms with Crippen LogP contribution in [0.3, 0.4) is 0 Å². The highest BCUT2D eigenvalue weighted by atomic mass is 16.4. The predicted molar refractivity (Wildman–Crippen MR) is 106 cm³/mol. The Hall–Kier alpha value is -2.70. The van der Waals surface area contributed by atoms with E-state index in [4.69, 9.17) is 5.73 Å². The standard InChI is InChI=1S/C22H26N2O4/c1-12-8-15(25)9-13(2)17(12)11-18(23)21(26)20-16-7-5-4-6-14(16)10-19(22(27)28)24(20)3/h4-9,18-20,25H,10-11,23H2,1-3H3,(H,27,28)/t18-,19?,20?/m0/s1. The van der Waals surface area contributed by atoms with Gasteiger partial charge in [-0.05, 0) is 73.7 Å². The zero-order valence-corrected chi connectivity index (χ0v) is 16.3. The van der Waals surface area contributed by atoms with Crippen molar-refractivity contribution in [2.45, 2.75) is 44.8 Å². The summed E-state index contributed by atoms with van der Waals surface area (Å²) in [5.41, 5.74) is 10.7. The van der Waals surface area contributed by atoms with E-state index in [0.717, 1.165) is 27.8 Å². The number of aliphatic carboxylic acids is 1. The molecule has 28 heavy (non-hydrogen) atoms. The van der Waals surface area contributed by atoms with Gasteiger partial charge in [0.05, 0.1) is 12.1 Å². The van der Waals surface area contributed by atoms with E-state index in [1.54, 1.807) is 24.1 Å². The van der Waals surface area contributed by atoms with Crippen molar-refractivity contribution in [1.29, 1.82) is 0 Å². The van der Waals surface area contributed by atoms with Crippen LogP contribution in [0.15, 0.2) is 36.4 Å². The minimum Gasteiger partial charge on any atom is -0.508 e. The molecular formula is C22H26N2O4. The molecule has 3 rings (SSSR count). The number of hydrogen-bond acceptors (Lipinski definition) is 5. The van der Waals surface area contributed by atoms with E-state index in [2.05, 4.69) is 0 Å². The quantitative estimate of drug-likeness (QED) is 0.732. The summed E-state index contributed by atoms with van der Waals surface area (Å²) < 4.78 is 0. The predicted octanol–water partition coefficient (Wildman–Crippen LogP) is 2.13. The molecule has 1 heterocycles. The van der Waals surface area contributed by atoms with Gasteiger partial charge in [0.15, 0.2) is 5.78 Å². The summed E-state index contributed by atoms with van der Waals surface area (Å²) in [6.07, 6.45) is 0.693. The number of carbonyl (C=O) groups excluding carboxylic acids is 1. The first kappa shape index (κ1) is 20.0. The largest absolute Gasteiger partial charge is 0.508 e. The third-order valence-electron chi connectivity index (χ3n) is 5.69. The van der Waals surface area contributed by atoms with Gasteiger partial charge < -0.3 is 15.9 Å². The number of phenols is 1.